The Kier molecular flexibility index (Phi) is 5.09. The van der Waals surface area contributed by atoms with E-state index in [4.69, 9.17) is 4.74 Å². The van der Waals surface area contributed by atoms with Crippen molar-refractivity contribution in [3.05, 3.63) is 11.3 Å². The van der Waals surface area contributed by atoms with E-state index in [1.807, 2.05) is 20.8 Å². The first-order valence-electron chi connectivity index (χ1n) is 6.80. The fourth-order valence-corrected chi connectivity index (χ4v) is 2.68. The minimum Gasteiger partial charge on any atom is -0.511 e. The van der Waals surface area contributed by atoms with Gasteiger partial charge in [-0.2, -0.15) is 0 Å². The van der Waals surface area contributed by atoms with Gasteiger partial charge in [-0.15, -0.1) is 0 Å². The second kappa shape index (κ2) is 6.20. The molecule has 5 nitrogen and oxygen atoms in total. The molecule has 1 atom stereocenters. The Morgan fingerprint density at radius 3 is 2.50 bits per heavy atom. The van der Waals surface area contributed by atoms with Gasteiger partial charge in [0.25, 0.3) is 0 Å². The summed E-state index contributed by atoms with van der Waals surface area (Å²) in [5, 5.41) is 10.4. The van der Waals surface area contributed by atoms with Crippen molar-refractivity contribution >= 4 is 17.5 Å². The molecule has 0 aromatic heterocycles. The molecule has 1 aliphatic carbocycles. The normalized spacial score (nSPS) is 23.9. The smallest absolute Gasteiger partial charge is 0.316 e. The highest BCUT2D eigenvalue weighted by Gasteiger charge is 2.46. The number of ether oxygens (including phenoxy) is 1. The van der Waals surface area contributed by atoms with E-state index in [1.54, 1.807) is 7.05 Å². The number of aliphatic hydroxyl groups excluding tert-OH is 1. The van der Waals surface area contributed by atoms with Crippen LogP contribution in [0.2, 0.25) is 0 Å². The van der Waals surface area contributed by atoms with E-state index < -0.39 is 17.3 Å². The largest absolute Gasteiger partial charge is 0.511 e. The number of hydrogen-bond donors (Lipinski definition) is 1. The SMILES string of the molecule is CCCC(=O)C1=C(O)[C@H](C(=O)OC)C(C)(C)CC1=NC. The van der Waals surface area contributed by atoms with Gasteiger partial charge in [0.2, 0.25) is 0 Å². The summed E-state index contributed by atoms with van der Waals surface area (Å²) in [7, 11) is 2.87. The summed E-state index contributed by atoms with van der Waals surface area (Å²) in [6.07, 6.45) is 1.46. The van der Waals surface area contributed by atoms with E-state index in [2.05, 4.69) is 4.99 Å². The monoisotopic (exact) mass is 281 g/mol. The van der Waals surface area contributed by atoms with Gasteiger partial charge in [-0.1, -0.05) is 20.8 Å². The Hall–Kier alpha value is -1.65. The summed E-state index contributed by atoms with van der Waals surface area (Å²) in [4.78, 5) is 28.3. The molecule has 0 bridgehead atoms. The first-order valence-corrected chi connectivity index (χ1v) is 6.80. The predicted molar refractivity (Wildman–Crippen MR) is 76.8 cm³/mol. The fraction of sp³-hybridized carbons (Fsp3) is 0.667. The minimum atomic E-state index is -0.825. The highest BCUT2D eigenvalue weighted by molar-refractivity contribution is 6.23. The maximum atomic E-state index is 12.2. The summed E-state index contributed by atoms with van der Waals surface area (Å²) in [5.41, 5.74) is 0.220. The number of rotatable bonds is 4. The number of esters is 1. The van der Waals surface area contributed by atoms with Gasteiger partial charge in [0.15, 0.2) is 5.78 Å². The second-order valence-corrected chi connectivity index (χ2v) is 5.73. The standard InChI is InChI=1S/C15H23NO4/c1-6-7-10(17)11-9(16-4)8-15(2,3)12(13(11)18)14(19)20-5/h12,18H,6-8H2,1-5H3/t12-/m1/s1. The van der Waals surface area contributed by atoms with E-state index in [9.17, 15) is 14.7 Å². The number of carbonyl (C=O) groups excluding carboxylic acids is 2. The molecule has 0 radical (unpaired) electrons. The van der Waals surface area contributed by atoms with Crippen LogP contribution in [0.5, 0.6) is 0 Å². The molecule has 0 aromatic carbocycles. The number of aliphatic hydroxyl groups is 1. The van der Waals surface area contributed by atoms with Crippen LogP contribution in [0.25, 0.3) is 0 Å². The number of nitrogens with zero attached hydrogens (tertiary/aromatic N) is 1. The van der Waals surface area contributed by atoms with Crippen molar-refractivity contribution in [3.63, 3.8) is 0 Å². The maximum Gasteiger partial charge on any atom is 0.316 e. The van der Waals surface area contributed by atoms with Gasteiger partial charge in [-0.25, -0.2) is 0 Å². The van der Waals surface area contributed by atoms with Gasteiger partial charge in [-0.05, 0) is 18.3 Å². The predicted octanol–water partition coefficient (Wildman–Crippen LogP) is 2.46. The average Bonchev–Trinajstić information content (AvgIpc) is 2.36. The average molecular weight is 281 g/mol. The lowest BCUT2D eigenvalue weighted by Crippen LogP contribution is -2.41. The third-order valence-corrected chi connectivity index (χ3v) is 3.69. The number of hydrogen-bond acceptors (Lipinski definition) is 5. The third-order valence-electron chi connectivity index (χ3n) is 3.69. The van der Waals surface area contributed by atoms with E-state index in [1.165, 1.54) is 7.11 Å². The van der Waals surface area contributed by atoms with Crippen LogP contribution in [0.4, 0.5) is 0 Å². The molecule has 0 saturated heterocycles. The summed E-state index contributed by atoms with van der Waals surface area (Å²) >= 11 is 0. The zero-order valence-electron chi connectivity index (χ0n) is 12.8. The van der Waals surface area contributed by atoms with Crippen LogP contribution >= 0.6 is 0 Å². The van der Waals surface area contributed by atoms with Gasteiger partial charge in [0.1, 0.15) is 11.7 Å². The van der Waals surface area contributed by atoms with Gasteiger partial charge in [0, 0.05) is 19.2 Å². The Morgan fingerprint density at radius 2 is 2.05 bits per heavy atom. The van der Waals surface area contributed by atoms with Gasteiger partial charge in [-0.3, -0.25) is 14.6 Å². The lowest BCUT2D eigenvalue weighted by molar-refractivity contribution is -0.149. The molecule has 0 fully saturated rings. The zero-order chi connectivity index (χ0) is 15.5. The highest BCUT2D eigenvalue weighted by Crippen LogP contribution is 2.42. The molecule has 112 valence electrons. The molecule has 0 spiro atoms. The van der Waals surface area contributed by atoms with Crippen LogP contribution in [0, 0.1) is 11.3 Å². The van der Waals surface area contributed by atoms with Crippen molar-refractivity contribution < 1.29 is 19.4 Å². The molecule has 5 heteroatoms. The molecule has 0 heterocycles. The van der Waals surface area contributed by atoms with Crippen LogP contribution in [-0.4, -0.2) is 36.7 Å². The fourth-order valence-electron chi connectivity index (χ4n) is 2.68. The van der Waals surface area contributed by atoms with Crippen LogP contribution < -0.4 is 0 Å². The minimum absolute atomic E-state index is 0.171. The molecule has 0 saturated carbocycles. The molecule has 1 N–H and O–H groups in total. The third kappa shape index (κ3) is 2.92. The second-order valence-electron chi connectivity index (χ2n) is 5.73. The number of aliphatic imine (C=N–C) groups is 1. The van der Waals surface area contributed by atoms with Gasteiger partial charge < -0.3 is 9.84 Å². The quantitative estimate of drug-likeness (QED) is 0.803. The van der Waals surface area contributed by atoms with Gasteiger partial charge in [0.05, 0.1) is 12.7 Å². The van der Waals surface area contributed by atoms with Crippen LogP contribution in [0.1, 0.15) is 40.0 Å². The molecule has 0 aromatic rings. The van der Waals surface area contributed by atoms with Crippen molar-refractivity contribution in [1.82, 2.24) is 0 Å². The Morgan fingerprint density at radius 1 is 1.45 bits per heavy atom. The summed E-state index contributed by atoms with van der Waals surface area (Å²) in [5.74, 6) is -1.72. The van der Waals surface area contributed by atoms with Crippen molar-refractivity contribution in [3.8, 4) is 0 Å². The molecule has 0 unspecified atom stereocenters. The lowest BCUT2D eigenvalue weighted by Gasteiger charge is -2.37. The Bertz CT molecular complexity index is 474. The Balaban J connectivity index is 3.41. The molecule has 1 rings (SSSR count). The number of Topliss-reactive ketones (excluding diaryl/α,β-unsaturated/α-hetero) is 1. The molecule has 20 heavy (non-hydrogen) atoms. The lowest BCUT2D eigenvalue weighted by atomic mass is 9.67. The highest BCUT2D eigenvalue weighted by atomic mass is 16.5. The first-order chi connectivity index (χ1) is 9.30. The van der Waals surface area contributed by atoms with Crippen molar-refractivity contribution in [2.75, 3.05) is 14.2 Å². The molecule has 1 aliphatic rings. The molecular weight excluding hydrogens is 258 g/mol. The summed E-state index contributed by atoms with van der Waals surface area (Å²) in [6, 6.07) is 0. The summed E-state index contributed by atoms with van der Waals surface area (Å²) < 4.78 is 4.77. The van der Waals surface area contributed by atoms with Crippen molar-refractivity contribution in [2.45, 2.75) is 40.0 Å². The maximum absolute atomic E-state index is 12.2. The first kappa shape index (κ1) is 16.4. The molecular formula is C15H23NO4. The van der Waals surface area contributed by atoms with E-state index in [0.29, 0.717) is 25.0 Å². The number of methoxy groups -OCH3 is 1. The number of carbonyl (C=O) groups is 2. The van der Waals surface area contributed by atoms with E-state index in [-0.39, 0.29) is 17.1 Å². The van der Waals surface area contributed by atoms with Crippen LogP contribution in [-0.2, 0) is 14.3 Å². The van der Waals surface area contributed by atoms with Crippen LogP contribution in [0.15, 0.2) is 16.3 Å². The Labute approximate surface area is 119 Å². The zero-order valence-corrected chi connectivity index (χ0v) is 12.8. The molecule has 0 amide bonds. The van der Waals surface area contributed by atoms with E-state index in [0.717, 1.165) is 0 Å². The van der Waals surface area contributed by atoms with Crippen molar-refractivity contribution in [2.24, 2.45) is 16.3 Å². The van der Waals surface area contributed by atoms with E-state index >= 15 is 0 Å². The van der Waals surface area contributed by atoms with Crippen molar-refractivity contribution in [1.29, 1.82) is 0 Å². The number of ketones is 1. The van der Waals surface area contributed by atoms with Gasteiger partial charge >= 0.3 is 5.97 Å². The number of allylic oxidation sites excluding steroid dienone is 1. The molecule has 0 aliphatic heterocycles. The van der Waals surface area contributed by atoms with Crippen LogP contribution in [0.3, 0.4) is 0 Å². The summed E-state index contributed by atoms with van der Waals surface area (Å²) in [6.45, 7) is 5.61. The topological polar surface area (TPSA) is 76.0 Å².